The summed E-state index contributed by atoms with van der Waals surface area (Å²) in [5.74, 6) is 0.895. The molecule has 1 aromatic carbocycles. The van der Waals surface area contributed by atoms with Gasteiger partial charge < -0.3 is 0 Å². The van der Waals surface area contributed by atoms with Gasteiger partial charge in [-0.3, -0.25) is 4.79 Å². The molecule has 80 valence electrons. The number of hydrogen-bond donors (Lipinski definition) is 0. The average Bonchev–Trinajstić information content (AvgIpc) is 3.04. The molecule has 0 heterocycles. The SMILES string of the molecule is O=C(CCCc1ccccc1Br)C1CC1. The lowest BCUT2D eigenvalue weighted by Gasteiger charge is -2.03. The standard InChI is InChI=1S/C13H15BrO/c14-12-6-2-1-4-10(12)5-3-7-13(15)11-8-9-11/h1-2,4,6,11H,3,5,7-9H2. The van der Waals surface area contributed by atoms with Crippen LogP contribution in [-0.4, -0.2) is 5.78 Å². The van der Waals surface area contributed by atoms with E-state index in [1.54, 1.807) is 0 Å². The van der Waals surface area contributed by atoms with Crippen LogP contribution < -0.4 is 0 Å². The molecule has 2 rings (SSSR count). The van der Waals surface area contributed by atoms with Crippen molar-refractivity contribution in [2.24, 2.45) is 5.92 Å². The van der Waals surface area contributed by atoms with E-state index in [1.807, 2.05) is 12.1 Å². The number of benzene rings is 1. The molecular formula is C13H15BrO. The van der Waals surface area contributed by atoms with Gasteiger partial charge >= 0.3 is 0 Å². The molecule has 1 nitrogen and oxygen atoms in total. The lowest BCUT2D eigenvalue weighted by Crippen LogP contribution is -2.00. The number of aryl methyl sites for hydroxylation is 1. The molecular weight excluding hydrogens is 252 g/mol. The maximum Gasteiger partial charge on any atom is 0.135 e. The summed E-state index contributed by atoms with van der Waals surface area (Å²) in [6.45, 7) is 0. The van der Waals surface area contributed by atoms with Crippen LogP contribution in [0.25, 0.3) is 0 Å². The highest BCUT2D eigenvalue weighted by Gasteiger charge is 2.28. The normalized spacial score (nSPS) is 15.3. The predicted molar refractivity (Wildman–Crippen MR) is 64.8 cm³/mol. The highest BCUT2D eigenvalue weighted by Crippen LogP contribution is 2.31. The van der Waals surface area contributed by atoms with E-state index in [0.29, 0.717) is 11.7 Å². The summed E-state index contributed by atoms with van der Waals surface area (Å²) >= 11 is 3.52. The molecule has 0 unspecified atom stereocenters. The first-order valence-corrected chi connectivity index (χ1v) is 6.33. The summed E-state index contributed by atoms with van der Waals surface area (Å²) in [5.41, 5.74) is 1.31. The van der Waals surface area contributed by atoms with Crippen LogP contribution in [0.2, 0.25) is 0 Å². The zero-order valence-corrected chi connectivity index (χ0v) is 10.3. The Hall–Kier alpha value is -0.630. The van der Waals surface area contributed by atoms with Crippen LogP contribution in [0, 0.1) is 5.92 Å². The molecule has 0 bridgehead atoms. The summed E-state index contributed by atoms with van der Waals surface area (Å²) in [6.07, 6.45) is 5.01. The van der Waals surface area contributed by atoms with Gasteiger partial charge in [0.2, 0.25) is 0 Å². The summed E-state index contributed by atoms with van der Waals surface area (Å²) in [7, 11) is 0. The quantitative estimate of drug-likeness (QED) is 0.794. The molecule has 0 N–H and O–H groups in total. The minimum absolute atomic E-state index is 0.421. The Bertz CT molecular complexity index is 355. The maximum atomic E-state index is 11.5. The number of carbonyl (C=O) groups is 1. The third-order valence-corrected chi connectivity index (χ3v) is 3.63. The monoisotopic (exact) mass is 266 g/mol. The molecule has 0 radical (unpaired) electrons. The highest BCUT2D eigenvalue weighted by atomic mass is 79.9. The van der Waals surface area contributed by atoms with Crippen LogP contribution >= 0.6 is 15.9 Å². The molecule has 1 aliphatic carbocycles. The van der Waals surface area contributed by atoms with Crippen molar-refractivity contribution >= 4 is 21.7 Å². The molecule has 0 aromatic heterocycles. The van der Waals surface area contributed by atoms with Crippen molar-refractivity contribution in [1.29, 1.82) is 0 Å². The number of Topliss-reactive ketones (excluding diaryl/α,β-unsaturated/α-hetero) is 1. The highest BCUT2D eigenvalue weighted by molar-refractivity contribution is 9.10. The van der Waals surface area contributed by atoms with Crippen LogP contribution in [0.5, 0.6) is 0 Å². The smallest absolute Gasteiger partial charge is 0.135 e. The van der Waals surface area contributed by atoms with Crippen LogP contribution in [0.1, 0.15) is 31.2 Å². The molecule has 0 spiro atoms. The summed E-state index contributed by atoms with van der Waals surface area (Å²) in [5, 5.41) is 0. The van der Waals surface area contributed by atoms with Crippen LogP contribution in [0.15, 0.2) is 28.7 Å². The van der Waals surface area contributed by atoms with E-state index < -0.39 is 0 Å². The number of halogens is 1. The van der Waals surface area contributed by atoms with Gasteiger partial charge in [0.15, 0.2) is 0 Å². The van der Waals surface area contributed by atoms with E-state index in [0.717, 1.165) is 36.6 Å². The van der Waals surface area contributed by atoms with Crippen molar-refractivity contribution < 1.29 is 4.79 Å². The van der Waals surface area contributed by atoms with Gasteiger partial charge in [0.05, 0.1) is 0 Å². The minimum atomic E-state index is 0.421. The molecule has 2 heteroatoms. The molecule has 0 aliphatic heterocycles. The molecule has 1 fully saturated rings. The number of ketones is 1. The molecule has 1 aliphatic rings. The van der Waals surface area contributed by atoms with E-state index >= 15 is 0 Å². The van der Waals surface area contributed by atoms with E-state index in [4.69, 9.17) is 0 Å². The lowest BCUT2D eigenvalue weighted by atomic mass is 10.1. The summed E-state index contributed by atoms with van der Waals surface area (Å²) in [6, 6.07) is 8.23. The van der Waals surface area contributed by atoms with Crippen molar-refractivity contribution in [1.82, 2.24) is 0 Å². The largest absolute Gasteiger partial charge is 0.299 e. The zero-order chi connectivity index (χ0) is 10.7. The third kappa shape index (κ3) is 3.16. The minimum Gasteiger partial charge on any atom is -0.299 e. The van der Waals surface area contributed by atoms with Gasteiger partial charge in [-0.25, -0.2) is 0 Å². The van der Waals surface area contributed by atoms with Crippen LogP contribution in [0.4, 0.5) is 0 Å². The first-order valence-electron chi connectivity index (χ1n) is 5.53. The van der Waals surface area contributed by atoms with E-state index in [9.17, 15) is 4.79 Å². The topological polar surface area (TPSA) is 17.1 Å². The molecule has 1 saturated carbocycles. The second-order valence-electron chi connectivity index (χ2n) is 4.19. The Morgan fingerprint density at radius 1 is 1.33 bits per heavy atom. The van der Waals surface area contributed by atoms with Gasteiger partial charge in [0.25, 0.3) is 0 Å². The number of carbonyl (C=O) groups excluding carboxylic acids is 1. The lowest BCUT2D eigenvalue weighted by molar-refractivity contribution is -0.120. The zero-order valence-electron chi connectivity index (χ0n) is 8.71. The Morgan fingerprint density at radius 3 is 2.73 bits per heavy atom. The van der Waals surface area contributed by atoms with Crippen molar-refractivity contribution in [2.45, 2.75) is 32.1 Å². The van der Waals surface area contributed by atoms with Gasteiger partial charge in [-0.15, -0.1) is 0 Å². The van der Waals surface area contributed by atoms with Crippen molar-refractivity contribution in [3.05, 3.63) is 34.3 Å². The van der Waals surface area contributed by atoms with Crippen molar-refractivity contribution in [3.8, 4) is 0 Å². The third-order valence-electron chi connectivity index (χ3n) is 2.86. The number of rotatable bonds is 5. The Morgan fingerprint density at radius 2 is 2.07 bits per heavy atom. The van der Waals surface area contributed by atoms with Gasteiger partial charge in [0.1, 0.15) is 5.78 Å². The molecule has 0 amide bonds. The molecule has 1 aromatic rings. The van der Waals surface area contributed by atoms with Gasteiger partial charge in [-0.2, -0.15) is 0 Å². The van der Waals surface area contributed by atoms with Gasteiger partial charge in [-0.05, 0) is 37.3 Å². The van der Waals surface area contributed by atoms with Gasteiger partial charge in [0, 0.05) is 16.8 Å². The first-order chi connectivity index (χ1) is 7.27. The van der Waals surface area contributed by atoms with Crippen LogP contribution in [-0.2, 0) is 11.2 Å². The van der Waals surface area contributed by atoms with E-state index in [1.165, 1.54) is 5.56 Å². The predicted octanol–water partition coefficient (Wildman–Crippen LogP) is 3.75. The van der Waals surface area contributed by atoms with Crippen LogP contribution in [0.3, 0.4) is 0 Å². The van der Waals surface area contributed by atoms with Crippen molar-refractivity contribution in [2.75, 3.05) is 0 Å². The van der Waals surface area contributed by atoms with E-state index in [-0.39, 0.29) is 0 Å². The Labute approximate surface area is 99.0 Å². The second kappa shape index (κ2) is 4.93. The molecule has 15 heavy (non-hydrogen) atoms. The number of hydrogen-bond acceptors (Lipinski definition) is 1. The van der Waals surface area contributed by atoms with E-state index in [2.05, 4.69) is 28.1 Å². The Balaban J connectivity index is 1.78. The fourth-order valence-electron chi connectivity index (χ4n) is 1.76. The maximum absolute atomic E-state index is 11.5. The summed E-state index contributed by atoms with van der Waals surface area (Å²) in [4.78, 5) is 11.5. The molecule has 0 atom stereocenters. The summed E-state index contributed by atoms with van der Waals surface area (Å²) < 4.78 is 1.16. The molecule has 0 saturated heterocycles. The Kier molecular flexibility index (Phi) is 3.57. The second-order valence-corrected chi connectivity index (χ2v) is 5.04. The average molecular weight is 267 g/mol. The van der Waals surface area contributed by atoms with Gasteiger partial charge in [-0.1, -0.05) is 34.1 Å². The first kappa shape index (κ1) is 10.9. The fourth-order valence-corrected chi connectivity index (χ4v) is 2.25. The van der Waals surface area contributed by atoms with Crippen molar-refractivity contribution in [3.63, 3.8) is 0 Å². The fraction of sp³-hybridized carbons (Fsp3) is 0.462.